The number of anilines is 1. The van der Waals surface area contributed by atoms with Crippen molar-refractivity contribution >= 4 is 40.3 Å². The molecule has 6 nitrogen and oxygen atoms in total. The molecule has 1 aliphatic rings. The highest BCUT2D eigenvalue weighted by atomic mass is 32.2. The molecule has 162 valence electrons. The average Bonchev–Trinajstić information content (AvgIpc) is 3.38. The summed E-state index contributed by atoms with van der Waals surface area (Å²) in [5, 5.41) is 2.91. The number of benzene rings is 2. The Morgan fingerprint density at radius 3 is 2.61 bits per heavy atom. The van der Waals surface area contributed by atoms with Crippen molar-refractivity contribution in [2.75, 3.05) is 18.4 Å². The molecule has 0 bridgehead atoms. The number of thioether (sulfide) groups is 1. The van der Waals surface area contributed by atoms with Crippen molar-refractivity contribution in [3.8, 4) is 0 Å². The molecule has 0 unspecified atom stereocenters. The molecular formula is C22H22F2N4O2S. The normalized spacial score (nSPS) is 13.9. The summed E-state index contributed by atoms with van der Waals surface area (Å²) in [5.41, 5.74) is 2.93. The molecule has 0 spiro atoms. The van der Waals surface area contributed by atoms with Crippen molar-refractivity contribution in [2.24, 2.45) is 0 Å². The highest BCUT2D eigenvalue weighted by molar-refractivity contribution is 7.99. The Hall–Kier alpha value is -2.94. The van der Waals surface area contributed by atoms with Crippen molar-refractivity contribution in [1.29, 1.82) is 0 Å². The Morgan fingerprint density at radius 2 is 1.87 bits per heavy atom. The summed E-state index contributed by atoms with van der Waals surface area (Å²) in [6.45, 7) is 3.11. The van der Waals surface area contributed by atoms with E-state index in [9.17, 15) is 18.4 Å². The van der Waals surface area contributed by atoms with Crippen LogP contribution >= 0.6 is 11.8 Å². The Balaban J connectivity index is 1.56. The summed E-state index contributed by atoms with van der Waals surface area (Å²) in [4.78, 5) is 31.6. The lowest BCUT2D eigenvalue weighted by atomic mass is 10.1. The number of imidazole rings is 1. The third kappa shape index (κ3) is 4.56. The van der Waals surface area contributed by atoms with E-state index in [2.05, 4.69) is 10.3 Å². The summed E-state index contributed by atoms with van der Waals surface area (Å²) in [7, 11) is 0. The predicted molar refractivity (Wildman–Crippen MR) is 117 cm³/mol. The second kappa shape index (κ2) is 9.05. The van der Waals surface area contributed by atoms with Crippen molar-refractivity contribution in [2.45, 2.75) is 37.2 Å². The SMILES string of the molecule is Cc1c(NC(=O)Cn2c(SC(F)F)nc3ccccc32)cccc1C(=O)N1CCCC1. The van der Waals surface area contributed by atoms with Crippen molar-refractivity contribution < 1.29 is 18.4 Å². The number of rotatable bonds is 6. The molecule has 1 fully saturated rings. The number of aromatic nitrogens is 2. The van der Waals surface area contributed by atoms with Gasteiger partial charge in [0.25, 0.3) is 11.7 Å². The molecule has 31 heavy (non-hydrogen) atoms. The van der Waals surface area contributed by atoms with Crippen LogP contribution in [0.5, 0.6) is 0 Å². The maximum absolute atomic E-state index is 13.0. The van der Waals surface area contributed by atoms with Gasteiger partial charge in [-0.05, 0) is 61.4 Å². The number of nitrogens with zero attached hydrogens (tertiary/aromatic N) is 3. The molecule has 1 aliphatic heterocycles. The summed E-state index contributed by atoms with van der Waals surface area (Å²) >= 11 is 0.311. The molecule has 9 heteroatoms. The van der Waals surface area contributed by atoms with Gasteiger partial charge in [0, 0.05) is 24.3 Å². The van der Waals surface area contributed by atoms with Crippen LogP contribution in [0.15, 0.2) is 47.6 Å². The van der Waals surface area contributed by atoms with Gasteiger partial charge in [0.15, 0.2) is 5.16 Å². The molecule has 2 amide bonds. The molecule has 0 atom stereocenters. The number of hydrogen-bond acceptors (Lipinski definition) is 4. The summed E-state index contributed by atoms with van der Waals surface area (Å²) in [5.74, 6) is -3.07. The van der Waals surface area contributed by atoms with Gasteiger partial charge < -0.3 is 14.8 Å². The zero-order valence-electron chi connectivity index (χ0n) is 17.0. The topological polar surface area (TPSA) is 67.2 Å². The lowest BCUT2D eigenvalue weighted by Crippen LogP contribution is -2.28. The van der Waals surface area contributed by atoms with E-state index in [-0.39, 0.29) is 23.5 Å². The maximum Gasteiger partial charge on any atom is 0.291 e. The van der Waals surface area contributed by atoms with E-state index in [1.807, 2.05) is 4.90 Å². The molecule has 0 radical (unpaired) electrons. The molecular weight excluding hydrogens is 422 g/mol. The van der Waals surface area contributed by atoms with E-state index >= 15 is 0 Å². The number of likely N-dealkylation sites (tertiary alicyclic amines) is 1. The van der Waals surface area contributed by atoms with Crippen LogP contribution in [0.2, 0.25) is 0 Å². The first kappa shape index (κ1) is 21.3. The standard InChI is InChI=1S/C22H22F2N4O2S/c1-14-15(20(30)27-11-4-5-12-27)7-6-9-16(14)25-19(29)13-28-18-10-3-2-8-17(18)26-22(28)31-21(23)24/h2-3,6-10,21H,4-5,11-13H2,1H3,(H,25,29). The quantitative estimate of drug-likeness (QED) is 0.567. The van der Waals surface area contributed by atoms with Gasteiger partial charge in [-0.3, -0.25) is 9.59 Å². The Labute approximate surface area is 182 Å². The molecule has 2 heterocycles. The minimum absolute atomic E-state index is 0.0395. The molecule has 1 aromatic heterocycles. The fourth-order valence-electron chi connectivity index (χ4n) is 3.80. The van der Waals surface area contributed by atoms with Crippen molar-refractivity contribution in [3.05, 3.63) is 53.6 Å². The first-order valence-corrected chi connectivity index (χ1v) is 10.9. The highest BCUT2D eigenvalue weighted by Crippen LogP contribution is 2.29. The fourth-order valence-corrected chi connectivity index (χ4v) is 4.40. The molecule has 4 rings (SSSR count). The monoisotopic (exact) mass is 444 g/mol. The summed E-state index contributed by atoms with van der Waals surface area (Å²) in [6, 6.07) is 12.2. The number of nitrogens with one attached hydrogen (secondary N) is 1. The van der Waals surface area contributed by atoms with Gasteiger partial charge >= 0.3 is 0 Å². The van der Waals surface area contributed by atoms with Gasteiger partial charge in [-0.25, -0.2) is 4.98 Å². The zero-order chi connectivity index (χ0) is 22.0. The molecule has 1 saturated heterocycles. The number of amides is 2. The Kier molecular flexibility index (Phi) is 6.22. The molecule has 0 saturated carbocycles. The van der Waals surface area contributed by atoms with Crippen molar-refractivity contribution in [1.82, 2.24) is 14.5 Å². The van der Waals surface area contributed by atoms with Crippen LogP contribution in [-0.4, -0.2) is 45.1 Å². The van der Waals surface area contributed by atoms with Gasteiger partial charge in [-0.15, -0.1) is 0 Å². The maximum atomic E-state index is 13.0. The highest BCUT2D eigenvalue weighted by Gasteiger charge is 2.22. The number of fused-ring (bicyclic) bond motifs is 1. The Morgan fingerprint density at radius 1 is 1.13 bits per heavy atom. The smallest absolute Gasteiger partial charge is 0.291 e. The lowest BCUT2D eigenvalue weighted by Gasteiger charge is -2.18. The van der Waals surface area contributed by atoms with E-state index < -0.39 is 5.76 Å². The van der Waals surface area contributed by atoms with Crippen LogP contribution in [0.25, 0.3) is 11.0 Å². The van der Waals surface area contributed by atoms with E-state index in [0.717, 1.165) is 25.9 Å². The molecule has 2 aromatic carbocycles. The van der Waals surface area contributed by atoms with Gasteiger partial charge in [-0.2, -0.15) is 8.78 Å². The summed E-state index contributed by atoms with van der Waals surface area (Å²) < 4.78 is 27.5. The largest absolute Gasteiger partial charge is 0.339 e. The number of hydrogen-bond donors (Lipinski definition) is 1. The van der Waals surface area contributed by atoms with Crippen LogP contribution < -0.4 is 5.32 Å². The molecule has 0 aliphatic carbocycles. The molecule has 1 N–H and O–H groups in total. The zero-order valence-corrected chi connectivity index (χ0v) is 17.8. The summed E-state index contributed by atoms with van der Waals surface area (Å²) in [6.07, 6.45) is 2.00. The first-order valence-electron chi connectivity index (χ1n) is 10.0. The third-order valence-electron chi connectivity index (χ3n) is 5.35. The minimum atomic E-state index is -2.64. The second-order valence-corrected chi connectivity index (χ2v) is 8.33. The number of halogens is 2. The Bertz CT molecular complexity index is 1130. The fraction of sp³-hybridized carbons (Fsp3) is 0.318. The lowest BCUT2D eigenvalue weighted by molar-refractivity contribution is -0.116. The third-order valence-corrected chi connectivity index (χ3v) is 6.05. The predicted octanol–water partition coefficient (Wildman–Crippen LogP) is 4.53. The second-order valence-electron chi connectivity index (χ2n) is 7.37. The number of para-hydroxylation sites is 2. The first-order chi connectivity index (χ1) is 14.9. The van der Waals surface area contributed by atoms with Crippen LogP contribution in [0, 0.1) is 6.92 Å². The van der Waals surface area contributed by atoms with E-state index in [1.165, 1.54) is 4.57 Å². The van der Waals surface area contributed by atoms with Crippen LogP contribution in [-0.2, 0) is 11.3 Å². The van der Waals surface area contributed by atoms with E-state index in [4.69, 9.17) is 0 Å². The number of carbonyl (C=O) groups excluding carboxylic acids is 2. The molecule has 3 aromatic rings. The average molecular weight is 445 g/mol. The minimum Gasteiger partial charge on any atom is -0.339 e. The van der Waals surface area contributed by atoms with Gasteiger partial charge in [0.1, 0.15) is 6.54 Å². The number of carbonyl (C=O) groups is 2. The van der Waals surface area contributed by atoms with Crippen molar-refractivity contribution in [3.63, 3.8) is 0 Å². The van der Waals surface area contributed by atoms with Crippen LogP contribution in [0.4, 0.5) is 14.5 Å². The number of alkyl halides is 2. The van der Waals surface area contributed by atoms with Gasteiger partial charge in [-0.1, -0.05) is 18.2 Å². The van der Waals surface area contributed by atoms with Gasteiger partial charge in [0.05, 0.1) is 11.0 Å². The van der Waals surface area contributed by atoms with Gasteiger partial charge in [0.2, 0.25) is 5.91 Å². The van der Waals surface area contributed by atoms with E-state index in [0.29, 0.717) is 39.6 Å². The van der Waals surface area contributed by atoms with E-state index in [1.54, 1.807) is 49.4 Å². The van der Waals surface area contributed by atoms with Crippen LogP contribution in [0.1, 0.15) is 28.8 Å². The van der Waals surface area contributed by atoms with Crippen LogP contribution in [0.3, 0.4) is 0 Å².